The van der Waals surface area contributed by atoms with Gasteiger partial charge in [-0.05, 0) is 52.8 Å². The third-order valence-electron chi connectivity index (χ3n) is 5.11. The molecule has 2 aromatic rings. The summed E-state index contributed by atoms with van der Waals surface area (Å²) in [4.78, 5) is 23.9. The number of hydrogen-bond acceptors (Lipinski definition) is 3. The highest BCUT2D eigenvalue weighted by atomic mass is 16.4. The fourth-order valence-electron chi connectivity index (χ4n) is 3.51. The van der Waals surface area contributed by atoms with E-state index in [1.807, 2.05) is 53.7 Å². The summed E-state index contributed by atoms with van der Waals surface area (Å²) in [6.07, 6.45) is 1.76. The maximum atomic E-state index is 12.6. The summed E-state index contributed by atoms with van der Waals surface area (Å²) in [6.45, 7) is 12.2. The summed E-state index contributed by atoms with van der Waals surface area (Å²) in [6, 6.07) is 8.38. The van der Waals surface area contributed by atoms with Crippen LogP contribution in [0.25, 0.3) is 11.6 Å². The topological polar surface area (TPSA) is 86.6 Å². The average Bonchev–Trinajstić information content (AvgIpc) is 2.89. The van der Waals surface area contributed by atoms with Gasteiger partial charge in [0, 0.05) is 28.0 Å². The first-order valence-corrected chi connectivity index (χ1v) is 9.58. The fraction of sp³-hybridized carbons (Fsp3) is 0.333. The van der Waals surface area contributed by atoms with Crippen molar-refractivity contribution < 1.29 is 19.8 Å². The van der Waals surface area contributed by atoms with Crippen LogP contribution in [0.15, 0.2) is 30.3 Å². The molecule has 0 bridgehead atoms. The van der Waals surface area contributed by atoms with E-state index in [2.05, 4.69) is 5.32 Å². The van der Waals surface area contributed by atoms with Crippen molar-refractivity contribution >= 4 is 29.2 Å². The van der Waals surface area contributed by atoms with Gasteiger partial charge in [0.2, 0.25) is 0 Å². The zero-order chi connectivity index (χ0) is 21.7. The molecular formula is C24H27NO4. The second-order valence-electron chi connectivity index (χ2n) is 9.54. The molecule has 2 aromatic carbocycles. The molecule has 5 nitrogen and oxygen atoms in total. The predicted molar refractivity (Wildman–Crippen MR) is 115 cm³/mol. The first kappa shape index (κ1) is 20.6. The Morgan fingerprint density at radius 1 is 0.966 bits per heavy atom. The predicted octanol–water partition coefficient (Wildman–Crippen LogP) is 5.18. The highest BCUT2D eigenvalue weighted by Gasteiger charge is 2.28. The van der Waals surface area contributed by atoms with Gasteiger partial charge in [-0.25, -0.2) is 4.79 Å². The monoisotopic (exact) mass is 393 g/mol. The van der Waals surface area contributed by atoms with Gasteiger partial charge in [-0.1, -0.05) is 41.5 Å². The van der Waals surface area contributed by atoms with Crippen molar-refractivity contribution in [3.05, 3.63) is 58.1 Å². The molecule has 0 fully saturated rings. The van der Waals surface area contributed by atoms with E-state index in [4.69, 9.17) is 0 Å². The number of nitrogens with one attached hydrogen (secondary N) is 1. The SMILES string of the molecule is CC(C)(C)c1cc(/C=C2\C(=O)Nc3ccc(C(=O)O)cc32)cc(C(C)(C)C)c1O. The van der Waals surface area contributed by atoms with Gasteiger partial charge in [-0.3, -0.25) is 4.79 Å². The molecule has 3 rings (SSSR count). The van der Waals surface area contributed by atoms with Crippen LogP contribution in [0.5, 0.6) is 5.75 Å². The lowest BCUT2D eigenvalue weighted by Crippen LogP contribution is -2.17. The third kappa shape index (κ3) is 3.90. The number of benzene rings is 2. The van der Waals surface area contributed by atoms with Crippen LogP contribution in [0.2, 0.25) is 0 Å². The van der Waals surface area contributed by atoms with Crippen molar-refractivity contribution in [2.24, 2.45) is 0 Å². The highest BCUT2D eigenvalue weighted by Crippen LogP contribution is 2.41. The Kier molecular flexibility index (Phi) is 4.81. The number of rotatable bonds is 2. The molecule has 3 N–H and O–H groups in total. The van der Waals surface area contributed by atoms with Crippen LogP contribution in [-0.2, 0) is 15.6 Å². The molecule has 1 aliphatic heterocycles. The quantitative estimate of drug-likeness (QED) is 0.614. The van der Waals surface area contributed by atoms with Crippen LogP contribution >= 0.6 is 0 Å². The lowest BCUT2D eigenvalue weighted by molar-refractivity contribution is -0.110. The normalized spacial score (nSPS) is 15.4. The number of phenols is 1. The molecule has 152 valence electrons. The first-order chi connectivity index (χ1) is 13.3. The molecule has 1 amide bonds. The van der Waals surface area contributed by atoms with E-state index in [9.17, 15) is 19.8 Å². The number of carbonyl (C=O) groups excluding carboxylic acids is 1. The molecule has 0 aromatic heterocycles. The van der Waals surface area contributed by atoms with Crippen LogP contribution < -0.4 is 5.32 Å². The largest absolute Gasteiger partial charge is 0.507 e. The van der Waals surface area contributed by atoms with Crippen molar-refractivity contribution in [3.8, 4) is 5.75 Å². The highest BCUT2D eigenvalue weighted by molar-refractivity contribution is 6.35. The summed E-state index contributed by atoms with van der Waals surface area (Å²) in [5.41, 5.74) is 3.52. The minimum absolute atomic E-state index is 0.127. The Hall–Kier alpha value is -3.08. The molecular weight excluding hydrogens is 366 g/mol. The van der Waals surface area contributed by atoms with Gasteiger partial charge in [0.25, 0.3) is 5.91 Å². The lowest BCUT2D eigenvalue weighted by atomic mass is 9.78. The Bertz CT molecular complexity index is 1010. The van der Waals surface area contributed by atoms with Crippen molar-refractivity contribution in [2.75, 3.05) is 5.32 Å². The van der Waals surface area contributed by atoms with Gasteiger partial charge in [0.15, 0.2) is 0 Å². The molecule has 1 aliphatic rings. The van der Waals surface area contributed by atoms with Crippen molar-refractivity contribution in [2.45, 2.75) is 52.4 Å². The molecule has 0 unspecified atom stereocenters. The minimum atomic E-state index is -1.04. The molecule has 1 heterocycles. The van der Waals surface area contributed by atoms with Crippen LogP contribution in [0.1, 0.15) is 74.2 Å². The van der Waals surface area contributed by atoms with Crippen molar-refractivity contribution in [1.29, 1.82) is 0 Å². The molecule has 0 aliphatic carbocycles. The summed E-state index contributed by atoms with van der Waals surface area (Å²) >= 11 is 0. The number of carboxylic acids is 1. The number of aromatic carboxylic acids is 1. The molecule has 5 heteroatoms. The first-order valence-electron chi connectivity index (χ1n) is 9.58. The number of fused-ring (bicyclic) bond motifs is 1. The molecule has 29 heavy (non-hydrogen) atoms. The van der Waals surface area contributed by atoms with E-state index in [1.54, 1.807) is 12.1 Å². The number of carbonyl (C=O) groups is 2. The number of anilines is 1. The van der Waals surface area contributed by atoms with E-state index in [-0.39, 0.29) is 28.1 Å². The van der Waals surface area contributed by atoms with Gasteiger partial charge in [-0.15, -0.1) is 0 Å². The van der Waals surface area contributed by atoms with Gasteiger partial charge < -0.3 is 15.5 Å². The van der Waals surface area contributed by atoms with Gasteiger partial charge in [0.1, 0.15) is 5.75 Å². The van der Waals surface area contributed by atoms with E-state index >= 15 is 0 Å². The maximum absolute atomic E-state index is 12.6. The smallest absolute Gasteiger partial charge is 0.335 e. The summed E-state index contributed by atoms with van der Waals surface area (Å²) in [5, 5.41) is 23.0. The van der Waals surface area contributed by atoms with Crippen LogP contribution in [0, 0.1) is 0 Å². The Balaban J connectivity index is 2.23. The van der Waals surface area contributed by atoms with E-state index in [1.165, 1.54) is 12.1 Å². The second-order valence-corrected chi connectivity index (χ2v) is 9.54. The zero-order valence-electron chi connectivity index (χ0n) is 17.7. The molecule has 0 radical (unpaired) electrons. The van der Waals surface area contributed by atoms with Crippen LogP contribution in [0.4, 0.5) is 5.69 Å². The van der Waals surface area contributed by atoms with Crippen LogP contribution in [0.3, 0.4) is 0 Å². The summed E-state index contributed by atoms with van der Waals surface area (Å²) in [5.74, 6) is -1.04. The Morgan fingerprint density at radius 2 is 1.52 bits per heavy atom. The van der Waals surface area contributed by atoms with Crippen molar-refractivity contribution in [3.63, 3.8) is 0 Å². The second kappa shape index (κ2) is 6.76. The third-order valence-corrected chi connectivity index (χ3v) is 5.11. The zero-order valence-corrected chi connectivity index (χ0v) is 17.7. The number of hydrogen-bond donors (Lipinski definition) is 3. The fourth-order valence-corrected chi connectivity index (χ4v) is 3.51. The van der Waals surface area contributed by atoms with E-state index in [0.29, 0.717) is 16.8 Å². The van der Waals surface area contributed by atoms with E-state index in [0.717, 1.165) is 16.7 Å². The molecule has 0 atom stereocenters. The minimum Gasteiger partial charge on any atom is -0.507 e. The Labute approximate surface area is 171 Å². The molecule has 0 saturated heterocycles. The Morgan fingerprint density at radius 3 is 2.00 bits per heavy atom. The summed E-state index contributed by atoms with van der Waals surface area (Å²) in [7, 11) is 0. The maximum Gasteiger partial charge on any atom is 0.335 e. The molecule has 0 saturated carbocycles. The standard InChI is InChI=1S/C24H27NO4/c1-23(2,3)17-10-13(11-18(20(17)26)24(4,5)6)9-16-15-12-14(22(28)29)7-8-19(15)25-21(16)27/h7-12,26H,1-6H3,(H,25,27)(H,28,29)/b16-9-. The van der Waals surface area contributed by atoms with Crippen molar-refractivity contribution in [1.82, 2.24) is 0 Å². The van der Waals surface area contributed by atoms with Gasteiger partial charge in [-0.2, -0.15) is 0 Å². The number of carboxylic acid groups (broad SMARTS) is 1. The number of phenolic OH excluding ortho intramolecular Hbond substituents is 1. The summed E-state index contributed by atoms with van der Waals surface area (Å²) < 4.78 is 0. The van der Waals surface area contributed by atoms with Gasteiger partial charge in [0.05, 0.1) is 5.56 Å². The van der Waals surface area contributed by atoms with Gasteiger partial charge >= 0.3 is 5.97 Å². The number of amides is 1. The average molecular weight is 393 g/mol. The van der Waals surface area contributed by atoms with E-state index < -0.39 is 5.97 Å². The van der Waals surface area contributed by atoms with Crippen LogP contribution in [-0.4, -0.2) is 22.1 Å². The lowest BCUT2D eigenvalue weighted by Gasteiger charge is -2.28. The molecule has 0 spiro atoms. The number of aromatic hydroxyl groups is 1.